The van der Waals surface area contributed by atoms with Crippen LogP contribution in [0.2, 0.25) is 5.02 Å². The fourth-order valence-electron chi connectivity index (χ4n) is 2.35. The minimum absolute atomic E-state index is 0.0294. The Labute approximate surface area is 133 Å². The maximum atomic E-state index is 12.3. The van der Waals surface area contributed by atoms with Crippen molar-refractivity contribution < 1.29 is 4.79 Å². The van der Waals surface area contributed by atoms with Crippen LogP contribution in [0.1, 0.15) is 5.56 Å². The van der Waals surface area contributed by atoms with Gasteiger partial charge in [-0.3, -0.25) is 9.69 Å². The number of anilines is 1. The fraction of sp³-hybridized carbons (Fsp3) is 0.125. The van der Waals surface area contributed by atoms with Gasteiger partial charge in [0.2, 0.25) is 0 Å². The first-order chi connectivity index (χ1) is 10.1. The van der Waals surface area contributed by atoms with Gasteiger partial charge in [-0.15, -0.1) is 0 Å². The van der Waals surface area contributed by atoms with Gasteiger partial charge in [-0.2, -0.15) is 0 Å². The lowest BCUT2D eigenvalue weighted by atomic mass is 10.2. The van der Waals surface area contributed by atoms with Crippen molar-refractivity contribution in [3.63, 3.8) is 0 Å². The Morgan fingerprint density at radius 2 is 1.86 bits per heavy atom. The largest absolute Gasteiger partial charge is 0.335 e. The monoisotopic (exact) mass is 316 g/mol. The molecule has 0 atom stereocenters. The summed E-state index contributed by atoms with van der Waals surface area (Å²) in [7, 11) is 0. The van der Waals surface area contributed by atoms with E-state index >= 15 is 0 Å². The first kappa shape index (κ1) is 14.0. The molecule has 0 saturated carbocycles. The molecule has 1 heterocycles. The summed E-state index contributed by atoms with van der Waals surface area (Å²) >= 11 is 11.4. The van der Waals surface area contributed by atoms with Crippen molar-refractivity contribution in [3.8, 4) is 0 Å². The van der Waals surface area contributed by atoms with E-state index in [9.17, 15) is 4.79 Å². The molecule has 3 nitrogen and oxygen atoms in total. The van der Waals surface area contributed by atoms with Crippen LogP contribution in [0.4, 0.5) is 5.69 Å². The van der Waals surface area contributed by atoms with Crippen molar-refractivity contribution in [2.75, 3.05) is 11.4 Å². The molecule has 0 N–H and O–H groups in total. The highest BCUT2D eigenvalue weighted by Crippen LogP contribution is 2.25. The number of amides is 1. The highest BCUT2D eigenvalue weighted by Gasteiger charge is 2.33. The number of hydrogen-bond acceptors (Lipinski definition) is 2. The van der Waals surface area contributed by atoms with Crippen LogP contribution < -0.4 is 4.90 Å². The SMILES string of the molecule is O=C1CN(Cc2ccccc2)C(=S)N1c1cccc(Cl)c1. The van der Waals surface area contributed by atoms with Crippen LogP contribution in [0, 0.1) is 0 Å². The van der Waals surface area contributed by atoms with Crippen LogP contribution in [0.3, 0.4) is 0 Å². The molecule has 5 heteroatoms. The summed E-state index contributed by atoms with van der Waals surface area (Å²) in [6.07, 6.45) is 0. The summed E-state index contributed by atoms with van der Waals surface area (Å²) in [6.45, 7) is 0.919. The topological polar surface area (TPSA) is 23.6 Å². The molecule has 1 amide bonds. The molecule has 0 bridgehead atoms. The standard InChI is InChI=1S/C16H13ClN2OS/c17-13-7-4-8-14(9-13)19-15(20)11-18(16(19)21)10-12-5-2-1-3-6-12/h1-9H,10-11H2. The van der Waals surface area contributed by atoms with Crippen molar-refractivity contribution in [3.05, 3.63) is 65.2 Å². The number of thiocarbonyl (C=S) groups is 1. The summed E-state index contributed by atoms with van der Waals surface area (Å²) < 4.78 is 0. The van der Waals surface area contributed by atoms with Crippen molar-refractivity contribution >= 4 is 40.5 Å². The molecule has 0 unspecified atom stereocenters. The van der Waals surface area contributed by atoms with Gasteiger partial charge in [0.15, 0.2) is 5.11 Å². The van der Waals surface area contributed by atoms with Crippen LogP contribution in [-0.2, 0) is 11.3 Å². The van der Waals surface area contributed by atoms with E-state index in [1.54, 1.807) is 17.0 Å². The van der Waals surface area contributed by atoms with E-state index in [0.29, 0.717) is 28.9 Å². The highest BCUT2D eigenvalue weighted by molar-refractivity contribution is 7.80. The van der Waals surface area contributed by atoms with Gasteiger partial charge in [0.25, 0.3) is 5.91 Å². The quantitative estimate of drug-likeness (QED) is 0.810. The second-order valence-corrected chi connectivity index (χ2v) is 5.63. The minimum atomic E-state index is -0.0294. The summed E-state index contributed by atoms with van der Waals surface area (Å²) in [5.41, 5.74) is 1.84. The van der Waals surface area contributed by atoms with E-state index in [0.717, 1.165) is 5.56 Å². The van der Waals surface area contributed by atoms with Crippen molar-refractivity contribution in [2.24, 2.45) is 0 Å². The summed E-state index contributed by atoms with van der Waals surface area (Å²) in [5, 5.41) is 1.11. The average Bonchev–Trinajstić information content (AvgIpc) is 2.74. The molecule has 3 rings (SSSR count). The van der Waals surface area contributed by atoms with E-state index in [2.05, 4.69) is 0 Å². The predicted molar refractivity (Wildman–Crippen MR) is 88.4 cm³/mol. The van der Waals surface area contributed by atoms with Gasteiger partial charge >= 0.3 is 0 Å². The van der Waals surface area contributed by atoms with Crippen molar-refractivity contribution in [2.45, 2.75) is 6.54 Å². The minimum Gasteiger partial charge on any atom is -0.335 e. The molecule has 0 aromatic heterocycles. The molecular formula is C16H13ClN2OS. The Hall–Kier alpha value is -1.91. The number of benzene rings is 2. The molecule has 1 aliphatic heterocycles. The lowest BCUT2D eigenvalue weighted by Crippen LogP contribution is -2.32. The zero-order chi connectivity index (χ0) is 14.8. The zero-order valence-electron chi connectivity index (χ0n) is 11.2. The lowest BCUT2D eigenvalue weighted by molar-refractivity contribution is -0.116. The van der Waals surface area contributed by atoms with E-state index in [1.807, 2.05) is 47.4 Å². The normalized spacial score (nSPS) is 14.9. The maximum Gasteiger partial charge on any atom is 0.252 e. The summed E-state index contributed by atoms with van der Waals surface area (Å²) in [5.74, 6) is -0.0294. The smallest absolute Gasteiger partial charge is 0.252 e. The number of carbonyl (C=O) groups excluding carboxylic acids is 1. The van der Waals surface area contributed by atoms with Crippen LogP contribution in [0.5, 0.6) is 0 Å². The van der Waals surface area contributed by atoms with Crippen LogP contribution in [-0.4, -0.2) is 22.5 Å². The highest BCUT2D eigenvalue weighted by atomic mass is 35.5. The molecule has 106 valence electrons. The molecule has 2 aromatic rings. The molecule has 0 aliphatic carbocycles. The van der Waals surface area contributed by atoms with Crippen LogP contribution in [0.15, 0.2) is 54.6 Å². The van der Waals surface area contributed by atoms with Crippen molar-refractivity contribution in [1.29, 1.82) is 0 Å². The van der Waals surface area contributed by atoms with Gasteiger partial charge in [-0.1, -0.05) is 48.0 Å². The third-order valence-corrected chi connectivity index (χ3v) is 4.00. The van der Waals surface area contributed by atoms with Gasteiger partial charge in [-0.25, -0.2) is 0 Å². The number of rotatable bonds is 3. The summed E-state index contributed by atoms with van der Waals surface area (Å²) in [6, 6.07) is 17.1. The molecular weight excluding hydrogens is 304 g/mol. The Bertz CT molecular complexity index is 690. The Morgan fingerprint density at radius 1 is 1.10 bits per heavy atom. The number of hydrogen-bond donors (Lipinski definition) is 0. The fourth-order valence-corrected chi connectivity index (χ4v) is 2.87. The first-order valence-electron chi connectivity index (χ1n) is 6.56. The van der Waals surface area contributed by atoms with Gasteiger partial charge in [0.1, 0.15) is 6.54 Å². The van der Waals surface area contributed by atoms with Crippen LogP contribution in [0.25, 0.3) is 0 Å². The molecule has 0 spiro atoms. The number of halogens is 1. The second-order valence-electron chi connectivity index (χ2n) is 4.83. The average molecular weight is 317 g/mol. The maximum absolute atomic E-state index is 12.3. The van der Waals surface area contributed by atoms with Crippen molar-refractivity contribution in [1.82, 2.24) is 4.90 Å². The Kier molecular flexibility index (Phi) is 3.90. The molecule has 1 saturated heterocycles. The Morgan fingerprint density at radius 3 is 2.57 bits per heavy atom. The summed E-state index contributed by atoms with van der Waals surface area (Å²) in [4.78, 5) is 15.7. The molecule has 2 aromatic carbocycles. The van der Waals surface area contributed by atoms with Gasteiger partial charge in [-0.05, 0) is 36.0 Å². The van der Waals surface area contributed by atoms with Crippen LogP contribution >= 0.6 is 23.8 Å². The van der Waals surface area contributed by atoms with E-state index in [1.165, 1.54) is 0 Å². The number of carbonyl (C=O) groups is 1. The number of nitrogens with zero attached hydrogens (tertiary/aromatic N) is 2. The van der Waals surface area contributed by atoms with Gasteiger partial charge in [0, 0.05) is 11.6 Å². The zero-order valence-corrected chi connectivity index (χ0v) is 12.8. The van der Waals surface area contributed by atoms with E-state index in [4.69, 9.17) is 23.8 Å². The van der Waals surface area contributed by atoms with Gasteiger partial charge in [0.05, 0.1) is 5.69 Å². The third kappa shape index (κ3) is 2.91. The van der Waals surface area contributed by atoms with Gasteiger partial charge < -0.3 is 4.90 Å². The predicted octanol–water partition coefficient (Wildman–Crippen LogP) is 3.47. The third-order valence-electron chi connectivity index (χ3n) is 3.32. The van der Waals surface area contributed by atoms with E-state index in [-0.39, 0.29) is 5.91 Å². The Balaban J connectivity index is 1.82. The molecule has 1 fully saturated rings. The molecule has 1 aliphatic rings. The second kappa shape index (κ2) is 5.84. The van der Waals surface area contributed by atoms with E-state index < -0.39 is 0 Å². The molecule has 0 radical (unpaired) electrons. The molecule has 21 heavy (non-hydrogen) atoms. The first-order valence-corrected chi connectivity index (χ1v) is 7.35. The lowest BCUT2D eigenvalue weighted by Gasteiger charge is -2.20.